The van der Waals surface area contributed by atoms with Crippen LogP contribution in [-0.4, -0.2) is 30.9 Å². The molecule has 0 aliphatic carbocycles. The van der Waals surface area contributed by atoms with Gasteiger partial charge in [0.2, 0.25) is 0 Å². The molecule has 0 spiro atoms. The van der Waals surface area contributed by atoms with E-state index in [1.54, 1.807) is 0 Å². The van der Waals surface area contributed by atoms with Crippen molar-refractivity contribution in [3.8, 4) is 0 Å². The highest BCUT2D eigenvalue weighted by atomic mass is 32.2. The van der Waals surface area contributed by atoms with Crippen LogP contribution in [0.4, 0.5) is 0 Å². The molecule has 4 nitrogen and oxygen atoms in total. The zero-order valence-electron chi connectivity index (χ0n) is 8.92. The van der Waals surface area contributed by atoms with E-state index in [1.165, 1.54) is 11.3 Å². The van der Waals surface area contributed by atoms with Crippen molar-refractivity contribution in [3.63, 3.8) is 0 Å². The predicted octanol–water partition coefficient (Wildman–Crippen LogP) is 1.32. The van der Waals surface area contributed by atoms with E-state index in [2.05, 4.69) is 4.98 Å². The molecule has 0 aromatic carbocycles. The Kier molecular flexibility index (Phi) is 3.61. The Balaban J connectivity index is 2.13. The van der Waals surface area contributed by atoms with Gasteiger partial charge in [-0.25, -0.2) is 13.4 Å². The van der Waals surface area contributed by atoms with Gasteiger partial charge in [0.05, 0.1) is 16.5 Å². The number of aliphatic hydroxyl groups is 1. The molecule has 1 aromatic heterocycles. The predicted molar refractivity (Wildman–Crippen MR) is 63.3 cm³/mol. The summed E-state index contributed by atoms with van der Waals surface area (Å²) in [6.07, 6.45) is 2.86. The average Bonchev–Trinajstić information content (AvgIpc) is 2.81. The van der Waals surface area contributed by atoms with Crippen molar-refractivity contribution in [1.82, 2.24) is 4.98 Å². The second-order valence-electron chi connectivity index (χ2n) is 3.99. The van der Waals surface area contributed by atoms with Crippen molar-refractivity contribution in [2.45, 2.75) is 30.9 Å². The maximum atomic E-state index is 11.7. The van der Waals surface area contributed by atoms with Crippen LogP contribution in [0.2, 0.25) is 0 Å². The van der Waals surface area contributed by atoms with Crippen LogP contribution in [0.5, 0.6) is 0 Å². The lowest BCUT2D eigenvalue weighted by Gasteiger charge is -2.04. The molecular weight excluding hydrogens is 246 g/mol. The van der Waals surface area contributed by atoms with Crippen LogP contribution in [0.25, 0.3) is 0 Å². The molecule has 1 unspecified atom stereocenters. The van der Waals surface area contributed by atoms with E-state index in [0.717, 1.165) is 17.8 Å². The summed E-state index contributed by atoms with van der Waals surface area (Å²) in [6, 6.07) is 0. The first-order chi connectivity index (χ1) is 7.63. The van der Waals surface area contributed by atoms with Crippen LogP contribution >= 0.6 is 11.3 Å². The minimum Gasteiger partial charge on any atom is -0.396 e. The lowest BCUT2D eigenvalue weighted by Crippen LogP contribution is -2.08. The Morgan fingerprint density at radius 1 is 1.56 bits per heavy atom. The van der Waals surface area contributed by atoms with Crippen LogP contribution < -0.4 is 0 Å². The molecule has 2 heterocycles. The van der Waals surface area contributed by atoms with Gasteiger partial charge in [0, 0.05) is 18.4 Å². The van der Waals surface area contributed by atoms with E-state index in [1.807, 2.05) is 5.38 Å². The Hall–Kier alpha value is -0.460. The highest BCUT2D eigenvalue weighted by Crippen LogP contribution is 2.34. The third kappa shape index (κ3) is 2.44. The molecule has 0 amide bonds. The summed E-state index contributed by atoms with van der Waals surface area (Å²) in [5, 5.41) is 11.1. The molecule has 0 saturated carbocycles. The molecule has 0 radical (unpaired) electrons. The summed E-state index contributed by atoms with van der Waals surface area (Å²) in [4.78, 5) is 4.35. The first-order valence-corrected chi connectivity index (χ1v) is 8.00. The zero-order valence-corrected chi connectivity index (χ0v) is 10.6. The van der Waals surface area contributed by atoms with Crippen LogP contribution in [0.3, 0.4) is 0 Å². The van der Waals surface area contributed by atoms with E-state index >= 15 is 0 Å². The van der Waals surface area contributed by atoms with Gasteiger partial charge in [0.25, 0.3) is 0 Å². The van der Waals surface area contributed by atoms with Crippen LogP contribution in [0.1, 0.15) is 35.2 Å². The second kappa shape index (κ2) is 4.81. The number of hydrogen-bond donors (Lipinski definition) is 1. The summed E-state index contributed by atoms with van der Waals surface area (Å²) in [7, 11) is -2.95. The first-order valence-electron chi connectivity index (χ1n) is 5.40. The molecule has 0 bridgehead atoms. The summed E-state index contributed by atoms with van der Waals surface area (Å²) >= 11 is 1.49. The lowest BCUT2D eigenvalue weighted by atomic mass is 10.2. The second-order valence-corrected chi connectivity index (χ2v) is 7.24. The quantitative estimate of drug-likeness (QED) is 0.887. The minimum absolute atomic E-state index is 0.149. The maximum Gasteiger partial charge on any atom is 0.158 e. The summed E-state index contributed by atoms with van der Waals surface area (Å²) in [5.41, 5.74) is 0.704. The number of thiazole rings is 1. The summed E-state index contributed by atoms with van der Waals surface area (Å²) in [5.74, 6) is 0.293. The number of aliphatic hydroxyl groups excluding tert-OH is 1. The highest BCUT2D eigenvalue weighted by molar-refractivity contribution is 7.91. The van der Waals surface area contributed by atoms with Gasteiger partial charge >= 0.3 is 0 Å². The number of aryl methyl sites for hydroxylation is 1. The number of aromatic nitrogens is 1. The van der Waals surface area contributed by atoms with Crippen molar-refractivity contribution < 1.29 is 13.5 Å². The van der Waals surface area contributed by atoms with E-state index in [9.17, 15) is 8.42 Å². The molecule has 1 fully saturated rings. The Morgan fingerprint density at radius 2 is 2.38 bits per heavy atom. The smallest absolute Gasteiger partial charge is 0.158 e. The van der Waals surface area contributed by atoms with Crippen molar-refractivity contribution in [1.29, 1.82) is 0 Å². The molecular formula is C10H15NO3S2. The molecule has 1 saturated heterocycles. The average molecular weight is 261 g/mol. The molecule has 1 N–H and O–H groups in total. The van der Waals surface area contributed by atoms with Gasteiger partial charge in [-0.05, 0) is 19.3 Å². The van der Waals surface area contributed by atoms with Gasteiger partial charge in [0.15, 0.2) is 9.84 Å². The fourth-order valence-corrected chi connectivity index (χ4v) is 4.79. The van der Waals surface area contributed by atoms with E-state index in [-0.39, 0.29) is 11.9 Å². The third-order valence-electron chi connectivity index (χ3n) is 2.78. The van der Waals surface area contributed by atoms with E-state index in [0.29, 0.717) is 24.3 Å². The van der Waals surface area contributed by atoms with Crippen molar-refractivity contribution in [3.05, 3.63) is 16.1 Å². The number of nitrogens with zero attached hydrogens (tertiary/aromatic N) is 1. The molecule has 1 aliphatic heterocycles. The molecule has 90 valence electrons. The fraction of sp³-hybridized carbons (Fsp3) is 0.700. The van der Waals surface area contributed by atoms with E-state index < -0.39 is 9.84 Å². The number of rotatable bonds is 4. The van der Waals surface area contributed by atoms with Crippen molar-refractivity contribution >= 4 is 21.2 Å². The Labute approximate surface area is 99.3 Å². The van der Waals surface area contributed by atoms with Gasteiger partial charge in [-0.15, -0.1) is 11.3 Å². The number of sulfone groups is 1. The largest absolute Gasteiger partial charge is 0.396 e. The van der Waals surface area contributed by atoms with Gasteiger partial charge in [0.1, 0.15) is 5.25 Å². The summed E-state index contributed by atoms with van der Waals surface area (Å²) < 4.78 is 23.4. The molecule has 2 rings (SSSR count). The van der Waals surface area contributed by atoms with Crippen LogP contribution in [0, 0.1) is 0 Å². The van der Waals surface area contributed by atoms with Gasteiger partial charge in [-0.2, -0.15) is 0 Å². The van der Waals surface area contributed by atoms with Gasteiger partial charge in [-0.1, -0.05) is 0 Å². The molecule has 1 atom stereocenters. The molecule has 1 aliphatic rings. The van der Waals surface area contributed by atoms with Crippen molar-refractivity contribution in [2.75, 3.05) is 12.4 Å². The fourth-order valence-electron chi connectivity index (χ4n) is 1.94. The Bertz CT molecular complexity index is 452. The summed E-state index contributed by atoms with van der Waals surface area (Å²) in [6.45, 7) is 0.149. The SMILES string of the molecule is O=S1(=O)CCCC1c1csc(CCCO)n1. The molecule has 1 aromatic rings. The monoisotopic (exact) mass is 261 g/mol. The van der Waals surface area contributed by atoms with Gasteiger partial charge in [-0.3, -0.25) is 0 Å². The highest BCUT2D eigenvalue weighted by Gasteiger charge is 2.34. The lowest BCUT2D eigenvalue weighted by molar-refractivity contribution is 0.288. The normalized spacial score (nSPS) is 23.7. The van der Waals surface area contributed by atoms with Crippen molar-refractivity contribution in [2.24, 2.45) is 0 Å². The standard InChI is InChI=1S/C10H15NO3S2/c12-5-1-4-10-11-8(7-15-10)9-3-2-6-16(9,13)14/h7,9,12H,1-6H2. The Morgan fingerprint density at radius 3 is 3.00 bits per heavy atom. The minimum atomic E-state index is -2.95. The molecule has 6 heteroatoms. The first kappa shape index (κ1) is 12.0. The number of hydrogen-bond acceptors (Lipinski definition) is 5. The van der Waals surface area contributed by atoms with E-state index in [4.69, 9.17) is 5.11 Å². The topological polar surface area (TPSA) is 67.3 Å². The third-order valence-corrected chi connectivity index (χ3v) is 5.91. The maximum absolute atomic E-state index is 11.7. The zero-order chi connectivity index (χ0) is 11.6. The molecule has 16 heavy (non-hydrogen) atoms. The van der Waals surface area contributed by atoms with Gasteiger partial charge < -0.3 is 5.11 Å². The van der Waals surface area contributed by atoms with Crippen LogP contribution in [0.15, 0.2) is 5.38 Å². The van der Waals surface area contributed by atoms with Crippen LogP contribution in [-0.2, 0) is 16.3 Å².